The first-order valence-corrected chi connectivity index (χ1v) is 7.07. The highest BCUT2D eigenvalue weighted by Gasteiger charge is 2.33. The standard InChI is InChI=1S/C15H20N2O/c18-15(13-6-2-1-3-9-16-13)12-8-7-11-5-4-10-17-14(11)12/h4-5,10,12-13,16H,1-3,6-9H2. The van der Waals surface area contributed by atoms with Gasteiger partial charge < -0.3 is 5.32 Å². The molecular formula is C15H20N2O. The van der Waals surface area contributed by atoms with E-state index in [1.54, 1.807) is 0 Å². The number of hydrogen-bond acceptors (Lipinski definition) is 3. The molecule has 1 saturated heterocycles. The lowest BCUT2D eigenvalue weighted by Gasteiger charge is -2.18. The zero-order valence-electron chi connectivity index (χ0n) is 10.7. The predicted molar refractivity (Wildman–Crippen MR) is 70.6 cm³/mol. The van der Waals surface area contributed by atoms with E-state index in [1.807, 2.05) is 12.3 Å². The highest BCUT2D eigenvalue weighted by molar-refractivity contribution is 5.91. The van der Waals surface area contributed by atoms with Crippen molar-refractivity contribution in [2.75, 3.05) is 6.54 Å². The van der Waals surface area contributed by atoms with Gasteiger partial charge in [0, 0.05) is 6.20 Å². The summed E-state index contributed by atoms with van der Waals surface area (Å²) in [5, 5.41) is 3.41. The fourth-order valence-corrected chi connectivity index (χ4v) is 3.20. The van der Waals surface area contributed by atoms with Crippen LogP contribution in [-0.4, -0.2) is 23.4 Å². The SMILES string of the molecule is O=C(C1CCCCCN1)C1CCc2cccnc21. The Morgan fingerprint density at radius 2 is 2.22 bits per heavy atom. The number of pyridine rings is 1. The number of rotatable bonds is 2. The summed E-state index contributed by atoms with van der Waals surface area (Å²) in [7, 11) is 0. The van der Waals surface area contributed by atoms with Crippen LogP contribution in [0, 0.1) is 0 Å². The van der Waals surface area contributed by atoms with E-state index < -0.39 is 0 Å². The number of Topliss-reactive ketones (excluding diaryl/α,β-unsaturated/α-hetero) is 1. The van der Waals surface area contributed by atoms with E-state index >= 15 is 0 Å². The van der Waals surface area contributed by atoms with Gasteiger partial charge in [0.25, 0.3) is 0 Å². The molecule has 2 unspecified atom stereocenters. The molecule has 18 heavy (non-hydrogen) atoms. The van der Waals surface area contributed by atoms with Crippen LogP contribution in [0.15, 0.2) is 18.3 Å². The van der Waals surface area contributed by atoms with Gasteiger partial charge in [0.1, 0.15) is 0 Å². The van der Waals surface area contributed by atoms with E-state index in [-0.39, 0.29) is 12.0 Å². The second-order valence-electron chi connectivity index (χ2n) is 5.40. The van der Waals surface area contributed by atoms with Crippen LogP contribution in [0.4, 0.5) is 0 Å². The van der Waals surface area contributed by atoms with Crippen molar-refractivity contribution < 1.29 is 4.79 Å². The van der Waals surface area contributed by atoms with Crippen LogP contribution in [0.5, 0.6) is 0 Å². The zero-order valence-corrected chi connectivity index (χ0v) is 10.7. The normalized spacial score (nSPS) is 27.6. The molecule has 0 bridgehead atoms. The Kier molecular flexibility index (Phi) is 3.41. The monoisotopic (exact) mass is 244 g/mol. The Morgan fingerprint density at radius 1 is 1.28 bits per heavy atom. The number of carbonyl (C=O) groups is 1. The molecule has 1 aliphatic heterocycles. The van der Waals surface area contributed by atoms with Crippen molar-refractivity contribution in [3.05, 3.63) is 29.6 Å². The van der Waals surface area contributed by atoms with Crippen LogP contribution in [0.1, 0.15) is 49.3 Å². The summed E-state index contributed by atoms with van der Waals surface area (Å²) in [6.07, 6.45) is 8.38. The summed E-state index contributed by atoms with van der Waals surface area (Å²) in [5.41, 5.74) is 2.30. The summed E-state index contributed by atoms with van der Waals surface area (Å²) >= 11 is 0. The quantitative estimate of drug-likeness (QED) is 0.867. The molecule has 2 heterocycles. The van der Waals surface area contributed by atoms with Crippen molar-refractivity contribution in [1.29, 1.82) is 0 Å². The Bertz CT molecular complexity index is 436. The lowest BCUT2D eigenvalue weighted by molar-refractivity contribution is -0.122. The molecule has 3 rings (SSSR count). The van der Waals surface area contributed by atoms with E-state index in [4.69, 9.17) is 0 Å². The van der Waals surface area contributed by atoms with Crippen LogP contribution in [0.3, 0.4) is 0 Å². The van der Waals surface area contributed by atoms with Crippen molar-refractivity contribution in [2.45, 2.75) is 50.5 Å². The maximum Gasteiger partial charge on any atom is 0.158 e. The van der Waals surface area contributed by atoms with Crippen LogP contribution < -0.4 is 5.32 Å². The Morgan fingerprint density at radius 3 is 3.17 bits per heavy atom. The van der Waals surface area contributed by atoms with Crippen LogP contribution in [0.25, 0.3) is 0 Å². The predicted octanol–water partition coefficient (Wildman–Crippen LogP) is 2.21. The summed E-state index contributed by atoms with van der Waals surface area (Å²) < 4.78 is 0. The molecule has 3 heteroatoms. The fourth-order valence-electron chi connectivity index (χ4n) is 3.20. The van der Waals surface area contributed by atoms with Crippen molar-refractivity contribution in [1.82, 2.24) is 10.3 Å². The van der Waals surface area contributed by atoms with Crippen molar-refractivity contribution >= 4 is 5.78 Å². The number of aromatic nitrogens is 1. The Hall–Kier alpha value is -1.22. The van der Waals surface area contributed by atoms with Crippen LogP contribution >= 0.6 is 0 Å². The van der Waals surface area contributed by atoms with Gasteiger partial charge in [-0.15, -0.1) is 0 Å². The number of hydrogen-bond donors (Lipinski definition) is 1. The fraction of sp³-hybridized carbons (Fsp3) is 0.600. The third kappa shape index (κ3) is 2.19. The molecule has 3 nitrogen and oxygen atoms in total. The van der Waals surface area contributed by atoms with Crippen molar-refractivity contribution in [3.63, 3.8) is 0 Å². The Balaban J connectivity index is 1.77. The highest BCUT2D eigenvalue weighted by Crippen LogP contribution is 2.33. The van der Waals surface area contributed by atoms with E-state index in [0.717, 1.165) is 31.5 Å². The smallest absolute Gasteiger partial charge is 0.158 e. The first kappa shape index (κ1) is 11.8. The van der Waals surface area contributed by atoms with Gasteiger partial charge in [-0.2, -0.15) is 0 Å². The van der Waals surface area contributed by atoms with Gasteiger partial charge in [-0.1, -0.05) is 18.9 Å². The molecule has 1 fully saturated rings. The minimum absolute atomic E-state index is 0.0387. The van der Waals surface area contributed by atoms with Crippen LogP contribution in [-0.2, 0) is 11.2 Å². The van der Waals surface area contributed by atoms with Gasteiger partial charge in [-0.25, -0.2) is 0 Å². The van der Waals surface area contributed by atoms with Gasteiger partial charge in [0.05, 0.1) is 17.7 Å². The van der Waals surface area contributed by atoms with E-state index in [2.05, 4.69) is 16.4 Å². The van der Waals surface area contributed by atoms with Gasteiger partial charge in [0.2, 0.25) is 0 Å². The van der Waals surface area contributed by atoms with E-state index in [0.29, 0.717) is 5.78 Å². The number of nitrogens with one attached hydrogen (secondary N) is 1. The molecule has 0 spiro atoms. The average molecular weight is 244 g/mol. The molecule has 0 saturated carbocycles. The van der Waals surface area contributed by atoms with Gasteiger partial charge in [-0.3, -0.25) is 9.78 Å². The average Bonchev–Trinajstić information content (AvgIpc) is 2.65. The van der Waals surface area contributed by atoms with Crippen molar-refractivity contribution in [2.24, 2.45) is 0 Å². The van der Waals surface area contributed by atoms with Crippen molar-refractivity contribution in [3.8, 4) is 0 Å². The topological polar surface area (TPSA) is 42.0 Å². The highest BCUT2D eigenvalue weighted by atomic mass is 16.1. The number of ketones is 1. The number of nitrogens with zero attached hydrogens (tertiary/aromatic N) is 1. The Labute approximate surface area is 108 Å². The second kappa shape index (κ2) is 5.19. The first-order chi connectivity index (χ1) is 8.86. The third-order valence-electron chi connectivity index (χ3n) is 4.21. The minimum atomic E-state index is 0.0387. The molecule has 1 aromatic heterocycles. The molecule has 1 N–H and O–H groups in total. The third-order valence-corrected chi connectivity index (χ3v) is 4.21. The number of fused-ring (bicyclic) bond motifs is 1. The first-order valence-electron chi connectivity index (χ1n) is 7.07. The van der Waals surface area contributed by atoms with Gasteiger partial charge in [-0.05, 0) is 43.9 Å². The van der Waals surface area contributed by atoms with Gasteiger partial charge in [0.15, 0.2) is 5.78 Å². The molecule has 0 radical (unpaired) electrons. The lowest BCUT2D eigenvalue weighted by atomic mass is 9.93. The maximum absolute atomic E-state index is 12.6. The van der Waals surface area contributed by atoms with Crippen LogP contribution in [0.2, 0.25) is 0 Å². The summed E-state index contributed by atoms with van der Waals surface area (Å²) in [5.74, 6) is 0.408. The summed E-state index contributed by atoms with van der Waals surface area (Å²) in [6.45, 7) is 0.984. The summed E-state index contributed by atoms with van der Waals surface area (Å²) in [4.78, 5) is 17.0. The molecule has 2 atom stereocenters. The van der Waals surface area contributed by atoms with Gasteiger partial charge >= 0.3 is 0 Å². The number of aryl methyl sites for hydroxylation is 1. The maximum atomic E-state index is 12.6. The lowest BCUT2D eigenvalue weighted by Crippen LogP contribution is -2.38. The largest absolute Gasteiger partial charge is 0.307 e. The molecule has 1 aromatic rings. The van der Waals surface area contributed by atoms with E-state index in [9.17, 15) is 4.79 Å². The summed E-state index contributed by atoms with van der Waals surface area (Å²) in [6, 6.07) is 4.14. The zero-order chi connectivity index (χ0) is 12.4. The van der Waals surface area contributed by atoms with E-state index in [1.165, 1.54) is 24.8 Å². The molecular weight excluding hydrogens is 224 g/mol. The second-order valence-corrected chi connectivity index (χ2v) is 5.40. The molecule has 0 aromatic carbocycles. The molecule has 0 amide bonds. The minimum Gasteiger partial charge on any atom is -0.307 e. The molecule has 1 aliphatic carbocycles. The molecule has 2 aliphatic rings. The number of carbonyl (C=O) groups excluding carboxylic acids is 1. The molecule has 96 valence electrons.